The van der Waals surface area contributed by atoms with Gasteiger partial charge in [-0.25, -0.2) is 4.79 Å². The molecule has 0 aromatic rings. The first-order valence-electron chi connectivity index (χ1n) is 4.93. The maximum Gasteiger partial charge on any atom is 0.540 e. The third-order valence-electron chi connectivity index (χ3n) is 1.52. The summed E-state index contributed by atoms with van der Waals surface area (Å²) in [5.41, 5.74) is -0.494. The average Bonchev–Trinajstić information content (AvgIpc) is 1.99. The van der Waals surface area contributed by atoms with Crippen molar-refractivity contribution >= 4 is 6.16 Å². The van der Waals surface area contributed by atoms with Crippen molar-refractivity contribution in [2.75, 3.05) is 0 Å². The molecule has 0 aliphatic carbocycles. The van der Waals surface area contributed by atoms with Gasteiger partial charge in [0.25, 0.3) is 0 Å². The molecule has 0 aromatic heterocycles. The average molecular weight is 204 g/mol. The van der Waals surface area contributed by atoms with Gasteiger partial charge >= 0.3 is 6.16 Å². The minimum absolute atomic E-state index is 0.156. The van der Waals surface area contributed by atoms with Crippen molar-refractivity contribution in [1.82, 2.24) is 0 Å². The maximum atomic E-state index is 11.1. The van der Waals surface area contributed by atoms with E-state index in [1.807, 2.05) is 20.8 Å². The van der Waals surface area contributed by atoms with Crippen molar-refractivity contribution in [3.8, 4) is 0 Å². The lowest BCUT2D eigenvalue weighted by Gasteiger charge is -2.23. The van der Waals surface area contributed by atoms with Gasteiger partial charge in [-0.15, -0.1) is 0 Å². The van der Waals surface area contributed by atoms with Crippen LogP contribution in [-0.2, 0) is 14.5 Å². The molecule has 4 heteroatoms. The number of hydrogen-bond acceptors (Lipinski definition) is 4. The maximum absolute atomic E-state index is 11.1. The first-order chi connectivity index (χ1) is 6.37. The Labute approximate surface area is 85.5 Å². The fraction of sp³-hybridized carbons (Fsp3) is 0.900. The van der Waals surface area contributed by atoms with Gasteiger partial charge in [-0.05, 0) is 34.1 Å². The molecule has 0 saturated heterocycles. The Morgan fingerprint density at radius 1 is 1.36 bits per heavy atom. The van der Waals surface area contributed by atoms with E-state index in [0.717, 1.165) is 12.8 Å². The third-order valence-corrected chi connectivity index (χ3v) is 1.52. The second-order valence-corrected chi connectivity index (χ2v) is 4.09. The lowest BCUT2D eigenvalue weighted by Crippen LogP contribution is -2.28. The summed E-state index contributed by atoms with van der Waals surface area (Å²) < 4.78 is 5.04. The fourth-order valence-corrected chi connectivity index (χ4v) is 1.03. The Kier molecular flexibility index (Phi) is 5.53. The zero-order valence-electron chi connectivity index (χ0n) is 9.62. The highest BCUT2D eigenvalue weighted by Crippen LogP contribution is 2.17. The van der Waals surface area contributed by atoms with Gasteiger partial charge in [0, 0.05) is 0 Å². The first kappa shape index (κ1) is 13.2. The largest absolute Gasteiger partial charge is 0.540 e. The highest BCUT2D eigenvalue weighted by atomic mass is 17.2. The SMILES string of the molecule is CCCC(C)(C)OC(=O)OOC(C)C. The summed E-state index contributed by atoms with van der Waals surface area (Å²) in [6, 6.07) is 0. The van der Waals surface area contributed by atoms with Crippen LogP contribution in [0.4, 0.5) is 4.79 Å². The molecule has 0 spiro atoms. The Hall–Kier alpha value is -0.770. The van der Waals surface area contributed by atoms with Crippen LogP contribution >= 0.6 is 0 Å². The van der Waals surface area contributed by atoms with E-state index in [9.17, 15) is 4.79 Å². The molecule has 0 fully saturated rings. The van der Waals surface area contributed by atoms with Crippen molar-refractivity contribution < 1.29 is 19.3 Å². The number of ether oxygens (including phenoxy) is 1. The van der Waals surface area contributed by atoms with Crippen LogP contribution in [-0.4, -0.2) is 17.9 Å². The molecule has 0 aliphatic heterocycles. The molecule has 0 aromatic carbocycles. The molecule has 0 unspecified atom stereocenters. The van der Waals surface area contributed by atoms with E-state index in [1.165, 1.54) is 0 Å². The van der Waals surface area contributed by atoms with Gasteiger partial charge in [-0.1, -0.05) is 13.3 Å². The first-order valence-corrected chi connectivity index (χ1v) is 4.93. The van der Waals surface area contributed by atoms with Gasteiger partial charge in [0.1, 0.15) is 5.60 Å². The third kappa shape index (κ3) is 6.71. The molecule has 0 rings (SSSR count). The van der Waals surface area contributed by atoms with Gasteiger partial charge in [0.2, 0.25) is 0 Å². The highest BCUT2D eigenvalue weighted by molar-refractivity contribution is 5.59. The molecule has 0 amide bonds. The van der Waals surface area contributed by atoms with Crippen molar-refractivity contribution in [3.05, 3.63) is 0 Å². The lowest BCUT2D eigenvalue weighted by molar-refractivity contribution is -0.283. The summed E-state index contributed by atoms with van der Waals surface area (Å²) in [6.45, 7) is 9.25. The minimum Gasteiger partial charge on any atom is -0.426 e. The quantitative estimate of drug-likeness (QED) is 0.392. The Morgan fingerprint density at radius 2 is 1.93 bits per heavy atom. The molecule has 14 heavy (non-hydrogen) atoms. The molecule has 0 atom stereocenters. The van der Waals surface area contributed by atoms with E-state index >= 15 is 0 Å². The normalized spacial score (nSPS) is 11.6. The monoisotopic (exact) mass is 204 g/mol. The molecule has 0 saturated carbocycles. The fourth-order valence-electron chi connectivity index (χ4n) is 1.03. The van der Waals surface area contributed by atoms with Crippen molar-refractivity contribution in [1.29, 1.82) is 0 Å². The molecule has 4 nitrogen and oxygen atoms in total. The van der Waals surface area contributed by atoms with E-state index in [0.29, 0.717) is 0 Å². The van der Waals surface area contributed by atoms with E-state index in [-0.39, 0.29) is 6.10 Å². The van der Waals surface area contributed by atoms with Crippen LogP contribution in [0.3, 0.4) is 0 Å². The number of hydrogen-bond donors (Lipinski definition) is 0. The molecular formula is C10H20O4. The molecule has 84 valence electrons. The summed E-state index contributed by atoms with van der Waals surface area (Å²) >= 11 is 0. The van der Waals surface area contributed by atoms with E-state index in [4.69, 9.17) is 4.74 Å². The van der Waals surface area contributed by atoms with Gasteiger partial charge in [0.05, 0.1) is 6.10 Å². The van der Waals surface area contributed by atoms with Crippen molar-refractivity contribution in [2.24, 2.45) is 0 Å². The Morgan fingerprint density at radius 3 is 2.36 bits per heavy atom. The van der Waals surface area contributed by atoms with Crippen LogP contribution in [0.1, 0.15) is 47.5 Å². The van der Waals surface area contributed by atoms with Crippen LogP contribution in [0.2, 0.25) is 0 Å². The molecule has 0 radical (unpaired) electrons. The summed E-state index contributed by atoms with van der Waals surface area (Å²) in [5.74, 6) is 0. The summed E-state index contributed by atoms with van der Waals surface area (Å²) in [5, 5.41) is 0. The summed E-state index contributed by atoms with van der Waals surface area (Å²) in [6.07, 6.45) is 0.809. The second-order valence-electron chi connectivity index (χ2n) is 4.09. The minimum atomic E-state index is -0.780. The summed E-state index contributed by atoms with van der Waals surface area (Å²) in [4.78, 5) is 20.1. The van der Waals surface area contributed by atoms with Crippen LogP contribution in [0.5, 0.6) is 0 Å². The predicted octanol–water partition coefficient (Wildman–Crippen LogP) is 3.06. The highest BCUT2D eigenvalue weighted by Gasteiger charge is 2.23. The Bertz CT molecular complexity index is 175. The van der Waals surface area contributed by atoms with Crippen LogP contribution < -0.4 is 0 Å². The number of rotatable bonds is 5. The molecular weight excluding hydrogens is 184 g/mol. The van der Waals surface area contributed by atoms with E-state index < -0.39 is 11.8 Å². The molecule has 0 N–H and O–H groups in total. The molecule has 0 heterocycles. The van der Waals surface area contributed by atoms with Crippen LogP contribution in [0, 0.1) is 0 Å². The number of carbonyl (C=O) groups is 1. The zero-order chi connectivity index (χ0) is 11.2. The van der Waals surface area contributed by atoms with Gasteiger partial charge in [-0.3, -0.25) is 4.89 Å². The van der Waals surface area contributed by atoms with Crippen molar-refractivity contribution in [2.45, 2.75) is 59.2 Å². The van der Waals surface area contributed by atoms with E-state index in [1.54, 1.807) is 13.8 Å². The summed E-state index contributed by atoms with van der Waals surface area (Å²) in [7, 11) is 0. The van der Waals surface area contributed by atoms with Gasteiger partial charge in [-0.2, -0.15) is 4.89 Å². The smallest absolute Gasteiger partial charge is 0.426 e. The second kappa shape index (κ2) is 5.86. The molecule has 0 aliphatic rings. The zero-order valence-corrected chi connectivity index (χ0v) is 9.62. The van der Waals surface area contributed by atoms with Crippen molar-refractivity contribution in [3.63, 3.8) is 0 Å². The predicted molar refractivity (Wildman–Crippen MR) is 52.8 cm³/mol. The Balaban J connectivity index is 3.81. The van der Waals surface area contributed by atoms with E-state index in [2.05, 4.69) is 9.78 Å². The molecule has 0 bridgehead atoms. The van der Waals surface area contributed by atoms with Crippen LogP contribution in [0.25, 0.3) is 0 Å². The van der Waals surface area contributed by atoms with Gasteiger partial charge in [0.15, 0.2) is 0 Å². The number of carbonyl (C=O) groups excluding carboxylic acids is 1. The van der Waals surface area contributed by atoms with Crippen LogP contribution in [0.15, 0.2) is 0 Å². The standard InChI is InChI=1S/C10H20O4/c1-6-7-10(4,5)12-9(11)14-13-8(2)3/h8H,6-7H2,1-5H3. The topological polar surface area (TPSA) is 44.8 Å². The lowest BCUT2D eigenvalue weighted by atomic mass is 10.0. The van der Waals surface area contributed by atoms with Gasteiger partial charge < -0.3 is 4.74 Å².